The van der Waals surface area contributed by atoms with Crippen molar-refractivity contribution in [1.29, 1.82) is 0 Å². The number of carbonyl (C=O) groups excluding carboxylic acids is 8. The van der Waals surface area contributed by atoms with Gasteiger partial charge in [0.25, 0.3) is 63.7 Å². The van der Waals surface area contributed by atoms with E-state index in [1.54, 1.807) is 59.7 Å². The number of carbonyl (C=O) groups is 8. The predicted octanol–water partition coefficient (Wildman–Crippen LogP) is 16.9. The average molecular weight is 1810 g/mol. The summed E-state index contributed by atoms with van der Waals surface area (Å²) >= 11 is 3.29. The summed E-state index contributed by atoms with van der Waals surface area (Å²) in [7, 11) is -17.5. The second-order valence-electron chi connectivity index (χ2n) is 26.2. The summed E-state index contributed by atoms with van der Waals surface area (Å²) in [5, 5.41) is 29.8. The zero-order chi connectivity index (χ0) is 104. The minimum Gasteiger partial charge on any atom is -0.337 e. The molecular formula is C80H84N12O20S8. The van der Waals surface area contributed by atoms with E-state index in [1.807, 2.05) is 24.6 Å². The summed E-state index contributed by atoms with van der Waals surface area (Å²) in [6, 6.07) is 15.4. The van der Waals surface area contributed by atoms with E-state index in [4.69, 9.17) is 42.8 Å². The molecule has 0 radical (unpaired) electrons. The Labute approximate surface area is 733 Å². The molecule has 40 heteroatoms. The van der Waals surface area contributed by atoms with Crippen LogP contribution in [0.2, 0.25) is 0 Å². The monoisotopic (exact) mass is 1810 g/mol. The number of thiophene rings is 4. The van der Waals surface area contributed by atoms with Gasteiger partial charge in [-0.15, -0.1) is 45.3 Å². The molecular weight excluding hydrogens is 1710 g/mol. The minimum atomic E-state index is -4.64. The first-order valence-electron chi connectivity index (χ1n) is 43.4. The SMILES string of the molecule is CC(=O)c1cc(C)cc(C)c1NC(=O)c1sccc1S(=O)(=O)Nc1onc(C)c1C.[2H]C([2H])([2H])c1c(C)noc1NS(=O)(=O)c1ccsc1C(=O)Nc1c(C)cc(C)cc1C(C)=O.[2H]C([2H])([2H])c1cc(C(C)=O)c(NC(=O)c2sccc2S(=O)(=O)Nc2onc(C)c2C([2H])([2H])[2H])c(C([2H])([2H])[2H])c1.[2H]C([2H])([2H])c1cc(C(C)=O)c(NC(=O)c2sccc2S(=O)(=O)Nc2onc(C)c2C)c(C([2H])([2H])[2H])c1. The molecule has 8 aromatic heterocycles. The first kappa shape index (κ1) is 68.9. The van der Waals surface area contributed by atoms with Crippen molar-refractivity contribution in [2.24, 2.45) is 0 Å². The van der Waals surface area contributed by atoms with Gasteiger partial charge in [0.2, 0.25) is 23.5 Å². The molecule has 632 valence electrons. The molecule has 4 aromatic carbocycles. The van der Waals surface area contributed by atoms with E-state index in [1.165, 1.54) is 67.4 Å². The summed E-state index contributed by atoms with van der Waals surface area (Å²) < 4.78 is 270. The first-order chi connectivity index (χ1) is 63.3. The van der Waals surface area contributed by atoms with Gasteiger partial charge >= 0.3 is 0 Å². The van der Waals surface area contributed by atoms with Crippen molar-refractivity contribution in [2.45, 2.75) is 158 Å². The van der Waals surface area contributed by atoms with Crippen LogP contribution in [0.15, 0.2) is 132 Å². The fourth-order valence-electron chi connectivity index (χ4n) is 10.9. The first-order valence-corrected chi connectivity index (χ1v) is 43.9. The van der Waals surface area contributed by atoms with E-state index in [-0.39, 0.29) is 70.3 Å². The lowest BCUT2D eigenvalue weighted by Crippen LogP contribution is -2.20. The van der Waals surface area contributed by atoms with E-state index >= 15 is 0 Å². The van der Waals surface area contributed by atoms with E-state index < -0.39 is 188 Å². The van der Waals surface area contributed by atoms with Gasteiger partial charge in [-0.25, -0.2) is 52.6 Å². The fourth-order valence-corrected chi connectivity index (χ4v) is 20.3. The van der Waals surface area contributed by atoms with Crippen molar-refractivity contribution in [1.82, 2.24) is 20.6 Å². The molecule has 0 saturated heterocycles. The third-order valence-electron chi connectivity index (χ3n) is 17.2. The van der Waals surface area contributed by atoms with Crippen LogP contribution in [0.4, 0.5) is 46.3 Å². The second kappa shape index (κ2) is 37.2. The van der Waals surface area contributed by atoms with E-state index in [9.17, 15) is 72.0 Å². The number of amides is 4. The fraction of sp³-hybridized carbons (Fsp3) is 0.250. The summed E-state index contributed by atoms with van der Waals surface area (Å²) in [5.41, 5.74) is 1.84. The molecule has 8 heterocycles. The highest BCUT2D eigenvalue weighted by Crippen LogP contribution is 2.36. The molecule has 0 aliphatic heterocycles. The van der Waals surface area contributed by atoms with Gasteiger partial charge in [-0.1, -0.05) is 44.9 Å². The summed E-state index contributed by atoms with van der Waals surface area (Å²) in [6.07, 6.45) is 0. The van der Waals surface area contributed by atoms with Gasteiger partial charge in [0, 0.05) is 69.2 Å². The largest absolute Gasteiger partial charge is 0.337 e. The Morgan fingerprint density at radius 1 is 0.308 bits per heavy atom. The Hall–Kier alpha value is -11.9. The Balaban J connectivity index is 0.000000207. The zero-order valence-electron chi connectivity index (χ0n) is 83.5. The van der Waals surface area contributed by atoms with Crippen molar-refractivity contribution in [3.8, 4) is 0 Å². The zero-order valence-corrected chi connectivity index (χ0v) is 72.0. The number of nitrogens with one attached hydrogen (secondary N) is 8. The van der Waals surface area contributed by atoms with Crippen molar-refractivity contribution >= 4 is 178 Å². The van der Waals surface area contributed by atoms with Crippen LogP contribution in [0, 0.1) is 110 Å². The number of Topliss-reactive ketones (excluding diaryl/α,β-unsaturated/α-hetero) is 4. The van der Waals surface area contributed by atoms with Crippen LogP contribution in [0.25, 0.3) is 0 Å². The van der Waals surface area contributed by atoms with Gasteiger partial charge in [-0.3, -0.25) is 38.4 Å². The van der Waals surface area contributed by atoms with Crippen molar-refractivity contribution in [2.75, 3.05) is 40.2 Å². The maximum Gasteiger partial charge on any atom is 0.267 e. The lowest BCUT2D eigenvalue weighted by Gasteiger charge is -2.14. The number of aryl methyl sites for hydroxylation is 12. The Bertz CT molecular complexity index is 7340. The van der Waals surface area contributed by atoms with Gasteiger partial charge in [-0.05, 0) is 253 Å². The molecule has 4 amide bonds. The minimum absolute atomic E-state index is 0.00157. The standard InChI is InChI=1S/4C20H21N3O5S2/c4*1-10-8-11(2)17(15(9-10)14(5)24)21-19(25)18-16(6-7-29-18)30(26,27)23-20-12(3)13(4)22-28-20/h4*6-9,23H,1-5H3,(H,21,25)/i1D3,2D3,3D3;1D3,2D3;3D3;. The number of nitrogens with zero attached hydrogens (tertiary/aromatic N) is 4. The number of rotatable bonds is 24. The highest BCUT2D eigenvalue weighted by Gasteiger charge is 2.33. The number of hydrogen-bond donors (Lipinski definition) is 8. The molecule has 0 fully saturated rings. The molecule has 12 aromatic rings. The maximum absolute atomic E-state index is 13.2. The molecule has 8 N–H and O–H groups in total. The number of hydrogen-bond acceptors (Lipinski definition) is 28. The molecule has 0 atom stereocenters. The predicted molar refractivity (Wildman–Crippen MR) is 460 cm³/mol. The lowest BCUT2D eigenvalue weighted by atomic mass is 10.0. The topological polar surface area (TPSA) is 473 Å². The van der Waals surface area contributed by atoms with E-state index in [0.717, 1.165) is 89.3 Å². The summed E-state index contributed by atoms with van der Waals surface area (Å²) in [4.78, 5) is 98.6. The maximum atomic E-state index is 13.2. The average Bonchev–Trinajstić information content (AvgIpc) is 0.836. The van der Waals surface area contributed by atoms with Crippen molar-refractivity contribution in [3.63, 3.8) is 0 Å². The van der Waals surface area contributed by atoms with E-state index in [2.05, 4.69) is 56.1 Å². The molecule has 0 aliphatic rings. The molecule has 0 aliphatic carbocycles. The van der Waals surface area contributed by atoms with Crippen LogP contribution < -0.4 is 40.2 Å². The van der Waals surface area contributed by atoms with Crippen molar-refractivity contribution in [3.05, 3.63) is 226 Å². The number of anilines is 8. The number of ketones is 4. The third kappa shape index (κ3) is 21.0. The van der Waals surface area contributed by atoms with Gasteiger partial charge in [-0.2, -0.15) is 0 Å². The van der Waals surface area contributed by atoms with Crippen LogP contribution in [0.1, 0.15) is 222 Å². The molecule has 12 rings (SSSR count). The van der Waals surface area contributed by atoms with Crippen LogP contribution >= 0.6 is 45.3 Å². The van der Waals surface area contributed by atoms with Crippen molar-refractivity contribution < 1.29 is 115 Å². The number of benzene rings is 4. The molecule has 0 saturated carbocycles. The van der Waals surface area contributed by atoms with Crippen LogP contribution in [-0.2, 0) is 40.1 Å². The Morgan fingerprint density at radius 3 is 0.750 bits per heavy atom. The number of sulfonamides is 4. The molecule has 0 unspecified atom stereocenters. The highest BCUT2D eigenvalue weighted by molar-refractivity contribution is 7.94. The summed E-state index contributed by atoms with van der Waals surface area (Å²) in [5.74, 6) is -6.73. The van der Waals surface area contributed by atoms with Gasteiger partial charge < -0.3 is 39.4 Å². The Morgan fingerprint density at radius 2 is 0.533 bits per heavy atom. The lowest BCUT2D eigenvalue weighted by molar-refractivity contribution is 0.100. The van der Waals surface area contributed by atoms with Crippen LogP contribution in [0.5, 0.6) is 0 Å². The normalized spacial score (nSPS) is 14.2. The van der Waals surface area contributed by atoms with Crippen LogP contribution in [-0.4, -0.2) is 101 Å². The number of aromatic nitrogens is 4. The molecule has 0 bridgehead atoms. The highest BCUT2D eigenvalue weighted by atomic mass is 32.2. The van der Waals surface area contributed by atoms with E-state index in [0.29, 0.717) is 67.5 Å². The summed E-state index contributed by atoms with van der Waals surface area (Å²) in [6.45, 7) is 4.57. The van der Waals surface area contributed by atoms with Gasteiger partial charge in [0.05, 0.1) is 45.5 Å². The molecule has 120 heavy (non-hydrogen) atoms. The molecule has 0 spiro atoms. The van der Waals surface area contributed by atoms with Gasteiger partial charge in [0.1, 0.15) is 39.1 Å². The van der Waals surface area contributed by atoms with Crippen LogP contribution in [0.3, 0.4) is 0 Å². The third-order valence-corrected chi connectivity index (χ3v) is 26.8. The second-order valence-corrected chi connectivity index (χ2v) is 36.5. The molecule has 32 nitrogen and oxygen atoms in total. The Kier molecular flexibility index (Phi) is 21.3. The smallest absolute Gasteiger partial charge is 0.267 e. The quantitative estimate of drug-likeness (QED) is 0.0260. The van der Waals surface area contributed by atoms with Gasteiger partial charge in [0.15, 0.2) is 23.1 Å².